The van der Waals surface area contributed by atoms with Crippen LogP contribution in [0.25, 0.3) is 27.2 Å². The summed E-state index contributed by atoms with van der Waals surface area (Å²) in [7, 11) is 1.79. The molecular formula is C27H37N3O4. The molecule has 0 aliphatic carbocycles. The Labute approximate surface area is 201 Å². The minimum atomic E-state index is -0.725. The number of aromatic nitrogens is 2. The molecular weight excluding hydrogens is 430 g/mol. The second kappa shape index (κ2) is 11.2. The van der Waals surface area contributed by atoms with Gasteiger partial charge >= 0.3 is 6.09 Å². The van der Waals surface area contributed by atoms with Crippen molar-refractivity contribution in [3.8, 4) is 5.75 Å². The molecule has 7 heteroatoms. The van der Waals surface area contributed by atoms with Crippen molar-refractivity contribution >= 4 is 33.3 Å². The predicted octanol–water partition coefficient (Wildman–Crippen LogP) is 5.82. The number of fused-ring (bicyclic) bond motifs is 3. The van der Waals surface area contributed by atoms with Gasteiger partial charge in [0.25, 0.3) is 5.56 Å². The summed E-state index contributed by atoms with van der Waals surface area (Å²) in [4.78, 5) is 26.8. The molecule has 184 valence electrons. The fraction of sp³-hybridized carbons (Fsp3) is 0.444. The Morgan fingerprint density at radius 1 is 1.21 bits per heavy atom. The van der Waals surface area contributed by atoms with E-state index in [0.717, 1.165) is 46.0 Å². The number of amides is 1. The third-order valence-electron chi connectivity index (χ3n) is 5.16. The van der Waals surface area contributed by atoms with Crippen LogP contribution in [-0.4, -0.2) is 27.9 Å². The summed E-state index contributed by atoms with van der Waals surface area (Å²) < 4.78 is 12.3. The molecule has 0 fully saturated rings. The summed E-state index contributed by atoms with van der Waals surface area (Å²) in [6.07, 6.45) is 4.77. The maximum Gasteiger partial charge on any atom is 0.405 e. The molecule has 0 saturated carbocycles. The lowest BCUT2D eigenvalue weighted by Gasteiger charge is -2.16. The van der Waals surface area contributed by atoms with Crippen LogP contribution in [-0.2, 0) is 11.8 Å². The number of aryl methyl sites for hydroxylation is 1. The molecule has 0 aliphatic rings. The summed E-state index contributed by atoms with van der Waals surface area (Å²) in [6, 6.07) is 5.94. The van der Waals surface area contributed by atoms with Crippen molar-refractivity contribution in [1.82, 2.24) is 9.55 Å². The zero-order chi connectivity index (χ0) is 25.6. The molecule has 0 radical (unpaired) electrons. The van der Waals surface area contributed by atoms with Gasteiger partial charge in [0.05, 0.1) is 17.5 Å². The van der Waals surface area contributed by atoms with Crippen LogP contribution >= 0.6 is 0 Å². The van der Waals surface area contributed by atoms with Gasteiger partial charge in [-0.1, -0.05) is 20.4 Å². The van der Waals surface area contributed by atoms with Gasteiger partial charge in [-0.05, 0) is 69.5 Å². The number of ether oxygens (including phenoxy) is 2. The first kappa shape index (κ1) is 26.9. The van der Waals surface area contributed by atoms with E-state index in [1.807, 2.05) is 19.1 Å². The summed E-state index contributed by atoms with van der Waals surface area (Å²) >= 11 is 0. The zero-order valence-electron chi connectivity index (χ0n) is 21.4. The maximum atomic E-state index is 12.7. The van der Waals surface area contributed by atoms with Crippen molar-refractivity contribution in [1.29, 1.82) is 0 Å². The fourth-order valence-electron chi connectivity index (χ4n) is 3.58. The molecule has 7 nitrogen and oxygen atoms in total. The van der Waals surface area contributed by atoms with E-state index in [9.17, 15) is 9.59 Å². The van der Waals surface area contributed by atoms with Gasteiger partial charge in [0.15, 0.2) is 0 Å². The first-order chi connectivity index (χ1) is 15.8. The molecule has 0 aliphatic heterocycles. The van der Waals surface area contributed by atoms with E-state index in [2.05, 4.69) is 36.2 Å². The van der Waals surface area contributed by atoms with Crippen LogP contribution in [0.2, 0.25) is 0 Å². The number of carbonyl (C=O) groups is 1. The molecule has 2 N–H and O–H groups in total. The lowest BCUT2D eigenvalue weighted by Crippen LogP contribution is -2.27. The van der Waals surface area contributed by atoms with Crippen molar-refractivity contribution in [2.24, 2.45) is 18.7 Å². The van der Waals surface area contributed by atoms with Crippen LogP contribution in [0, 0.1) is 5.92 Å². The average Bonchev–Trinajstić information content (AvgIpc) is 2.73. The third-order valence-corrected chi connectivity index (χ3v) is 5.16. The molecule has 34 heavy (non-hydrogen) atoms. The van der Waals surface area contributed by atoms with Gasteiger partial charge in [0.1, 0.15) is 11.4 Å². The molecule has 2 aromatic heterocycles. The normalized spacial score (nSPS) is 11.3. The zero-order valence-corrected chi connectivity index (χ0v) is 21.4. The van der Waals surface area contributed by atoms with E-state index in [-0.39, 0.29) is 5.56 Å². The minimum Gasteiger partial charge on any atom is -0.493 e. The van der Waals surface area contributed by atoms with E-state index in [1.165, 1.54) is 0 Å². The Balaban J connectivity index is 0.000000440. The van der Waals surface area contributed by atoms with Gasteiger partial charge in [0.2, 0.25) is 0 Å². The summed E-state index contributed by atoms with van der Waals surface area (Å²) in [5.74, 6) is 1.45. The molecule has 2 heterocycles. The topological polar surface area (TPSA) is 96.4 Å². The monoisotopic (exact) mass is 467 g/mol. The summed E-state index contributed by atoms with van der Waals surface area (Å²) in [6.45, 7) is 16.5. The van der Waals surface area contributed by atoms with E-state index in [0.29, 0.717) is 17.9 Å². The number of primary amides is 1. The smallest absolute Gasteiger partial charge is 0.405 e. The highest BCUT2D eigenvalue weighted by Gasteiger charge is 2.14. The third kappa shape index (κ3) is 7.07. The number of rotatable bonds is 6. The highest BCUT2D eigenvalue weighted by atomic mass is 16.6. The second-order valence-electron chi connectivity index (χ2n) is 9.85. The first-order valence-electron chi connectivity index (χ1n) is 11.5. The molecule has 0 atom stereocenters. The highest BCUT2D eigenvalue weighted by molar-refractivity contribution is 6.06. The molecule has 1 aromatic carbocycles. The van der Waals surface area contributed by atoms with Crippen molar-refractivity contribution in [2.75, 3.05) is 6.61 Å². The van der Waals surface area contributed by atoms with Gasteiger partial charge < -0.3 is 19.8 Å². The SMILES string of the molecule is C=C(C)c1cc2c3ccncc3c(=O)n(C)c2cc1OCCCC(C)C.CC(C)(C)OC(N)=O. The number of benzene rings is 1. The minimum absolute atomic E-state index is 0.0468. The van der Waals surface area contributed by atoms with Crippen LogP contribution < -0.4 is 16.0 Å². The van der Waals surface area contributed by atoms with Gasteiger partial charge in [-0.15, -0.1) is 0 Å². The molecule has 0 bridgehead atoms. The van der Waals surface area contributed by atoms with Crippen molar-refractivity contribution in [3.63, 3.8) is 0 Å². The molecule has 3 aromatic rings. The number of pyridine rings is 2. The van der Waals surface area contributed by atoms with Crippen molar-refractivity contribution in [3.05, 3.63) is 53.1 Å². The van der Waals surface area contributed by atoms with Crippen LogP contribution in [0.1, 0.15) is 59.9 Å². The number of carbonyl (C=O) groups excluding carboxylic acids is 1. The van der Waals surface area contributed by atoms with E-state index in [4.69, 9.17) is 10.5 Å². The Bertz CT molecular complexity index is 1240. The van der Waals surface area contributed by atoms with Crippen LogP contribution in [0.4, 0.5) is 4.79 Å². The van der Waals surface area contributed by atoms with Crippen molar-refractivity contribution in [2.45, 2.75) is 60.0 Å². The Kier molecular flexibility index (Phi) is 8.85. The molecule has 0 saturated heterocycles. The van der Waals surface area contributed by atoms with Gasteiger partial charge in [-0.25, -0.2) is 4.79 Å². The first-order valence-corrected chi connectivity index (χ1v) is 11.5. The lowest BCUT2D eigenvalue weighted by atomic mass is 10.0. The van der Waals surface area contributed by atoms with Crippen molar-refractivity contribution < 1.29 is 14.3 Å². The summed E-state index contributed by atoms with van der Waals surface area (Å²) in [5.41, 5.74) is 7.01. The van der Waals surface area contributed by atoms with Gasteiger partial charge in [0, 0.05) is 36.5 Å². The Morgan fingerprint density at radius 2 is 1.88 bits per heavy atom. The second-order valence-corrected chi connectivity index (χ2v) is 9.85. The molecule has 1 amide bonds. The predicted molar refractivity (Wildman–Crippen MR) is 139 cm³/mol. The van der Waals surface area contributed by atoms with Gasteiger partial charge in [-0.2, -0.15) is 0 Å². The summed E-state index contributed by atoms with van der Waals surface area (Å²) in [5, 5.41) is 2.55. The van der Waals surface area contributed by atoms with E-state index < -0.39 is 11.7 Å². The number of hydrogen-bond acceptors (Lipinski definition) is 5. The molecule has 0 spiro atoms. The molecule has 3 rings (SSSR count). The van der Waals surface area contributed by atoms with E-state index in [1.54, 1.807) is 44.8 Å². The quantitative estimate of drug-likeness (QED) is 0.364. The number of allylic oxidation sites excluding steroid dienone is 1. The number of nitrogens with two attached hydrogens (primary N) is 1. The molecule has 0 unspecified atom stereocenters. The number of hydrogen-bond donors (Lipinski definition) is 1. The standard InChI is InChI=1S/C22H26N2O2.C5H11NO2/c1-14(2)7-6-10-26-21-12-20-18(11-17(21)15(3)4)16-8-9-23-13-19(16)22(25)24(20)5;1-5(2,3)8-4(6)7/h8-9,11-14H,3,6-7,10H2,1-2,4-5H3;1-3H3,(H2,6,7). The van der Waals surface area contributed by atoms with Crippen LogP contribution in [0.3, 0.4) is 0 Å². The van der Waals surface area contributed by atoms with E-state index >= 15 is 0 Å². The average molecular weight is 468 g/mol. The number of nitrogens with zero attached hydrogens (tertiary/aromatic N) is 2. The maximum absolute atomic E-state index is 12.7. The fourth-order valence-corrected chi connectivity index (χ4v) is 3.58. The Morgan fingerprint density at radius 3 is 2.41 bits per heavy atom. The largest absolute Gasteiger partial charge is 0.493 e. The highest BCUT2D eigenvalue weighted by Crippen LogP contribution is 2.33. The van der Waals surface area contributed by atoms with Gasteiger partial charge in [-0.3, -0.25) is 9.78 Å². The lowest BCUT2D eigenvalue weighted by molar-refractivity contribution is 0.0600. The van der Waals surface area contributed by atoms with Crippen LogP contribution in [0.5, 0.6) is 5.75 Å². The van der Waals surface area contributed by atoms with Crippen LogP contribution in [0.15, 0.2) is 42.0 Å². The Hall–Kier alpha value is -3.35.